The molecule has 1 aromatic heterocycles. The van der Waals surface area contributed by atoms with E-state index in [-0.39, 0.29) is 5.91 Å². The van der Waals surface area contributed by atoms with Crippen molar-refractivity contribution in [3.63, 3.8) is 0 Å². The van der Waals surface area contributed by atoms with Gasteiger partial charge >= 0.3 is 0 Å². The second kappa shape index (κ2) is 5.19. The van der Waals surface area contributed by atoms with Gasteiger partial charge in [0.25, 0.3) is 5.91 Å². The minimum Gasteiger partial charge on any atom is -0.338 e. The van der Waals surface area contributed by atoms with Crippen molar-refractivity contribution in [2.24, 2.45) is 11.7 Å². The van der Waals surface area contributed by atoms with E-state index in [1.165, 1.54) is 10.4 Å². The largest absolute Gasteiger partial charge is 0.338 e. The third-order valence-electron chi connectivity index (χ3n) is 3.61. The van der Waals surface area contributed by atoms with Gasteiger partial charge in [-0.05, 0) is 50.8 Å². The average Bonchev–Trinajstić information content (AvgIpc) is 2.69. The van der Waals surface area contributed by atoms with Crippen LogP contribution in [-0.4, -0.2) is 30.4 Å². The Bertz CT molecular complexity index is 386. The van der Waals surface area contributed by atoms with Gasteiger partial charge < -0.3 is 10.6 Å². The highest BCUT2D eigenvalue weighted by Gasteiger charge is 2.23. The first-order valence-corrected chi connectivity index (χ1v) is 7.00. The lowest BCUT2D eigenvalue weighted by atomic mass is 9.97. The summed E-state index contributed by atoms with van der Waals surface area (Å²) >= 11 is 1.61. The molecule has 1 fully saturated rings. The summed E-state index contributed by atoms with van der Waals surface area (Å²) in [5, 5.41) is 0. The number of thiophene rings is 1. The summed E-state index contributed by atoms with van der Waals surface area (Å²) in [5.74, 6) is 0.799. The van der Waals surface area contributed by atoms with E-state index in [1.54, 1.807) is 11.3 Å². The van der Waals surface area contributed by atoms with Gasteiger partial charge in [0, 0.05) is 18.0 Å². The Labute approximate surface area is 107 Å². The highest BCUT2D eigenvalue weighted by atomic mass is 32.1. The van der Waals surface area contributed by atoms with Gasteiger partial charge in [-0.15, -0.1) is 11.3 Å². The summed E-state index contributed by atoms with van der Waals surface area (Å²) in [6.45, 7) is 6.59. The molecule has 1 aliphatic rings. The van der Waals surface area contributed by atoms with Crippen molar-refractivity contribution >= 4 is 17.2 Å². The molecule has 4 heteroatoms. The molecule has 0 aliphatic carbocycles. The standard InChI is InChI=1S/C13H20N2OS/c1-9-7-12(17-10(9)2)13(16)15-5-3-11(8-14)4-6-15/h7,11H,3-6,8,14H2,1-2H3. The van der Waals surface area contributed by atoms with Crippen molar-refractivity contribution in [3.05, 3.63) is 21.4 Å². The van der Waals surface area contributed by atoms with E-state index < -0.39 is 0 Å². The maximum Gasteiger partial charge on any atom is 0.263 e. The second-order valence-electron chi connectivity index (χ2n) is 4.82. The molecule has 0 radical (unpaired) electrons. The minimum atomic E-state index is 0.196. The Morgan fingerprint density at radius 3 is 2.59 bits per heavy atom. The SMILES string of the molecule is Cc1cc(C(=O)N2CCC(CN)CC2)sc1C. The molecule has 1 aromatic rings. The summed E-state index contributed by atoms with van der Waals surface area (Å²) < 4.78 is 0. The average molecular weight is 252 g/mol. The molecule has 1 saturated heterocycles. The van der Waals surface area contributed by atoms with Crippen LogP contribution in [0.3, 0.4) is 0 Å². The van der Waals surface area contributed by atoms with E-state index in [1.807, 2.05) is 11.0 Å². The number of nitrogens with zero attached hydrogens (tertiary/aromatic N) is 1. The van der Waals surface area contributed by atoms with Gasteiger partial charge in [0.15, 0.2) is 0 Å². The number of amides is 1. The molecule has 94 valence electrons. The molecule has 17 heavy (non-hydrogen) atoms. The van der Waals surface area contributed by atoms with E-state index in [0.717, 1.165) is 37.4 Å². The van der Waals surface area contributed by atoms with Gasteiger partial charge in [0.2, 0.25) is 0 Å². The maximum atomic E-state index is 12.3. The first-order chi connectivity index (χ1) is 8.11. The van der Waals surface area contributed by atoms with E-state index >= 15 is 0 Å². The van der Waals surface area contributed by atoms with Crippen LogP contribution in [0.2, 0.25) is 0 Å². The van der Waals surface area contributed by atoms with Crippen molar-refractivity contribution in [1.29, 1.82) is 0 Å². The highest BCUT2D eigenvalue weighted by Crippen LogP contribution is 2.24. The molecule has 0 atom stereocenters. The van der Waals surface area contributed by atoms with E-state index in [4.69, 9.17) is 5.73 Å². The molecule has 2 N–H and O–H groups in total. The number of carbonyl (C=O) groups excluding carboxylic acids is 1. The molecule has 2 heterocycles. The zero-order chi connectivity index (χ0) is 12.4. The van der Waals surface area contributed by atoms with Crippen molar-refractivity contribution in [2.75, 3.05) is 19.6 Å². The van der Waals surface area contributed by atoms with Gasteiger partial charge in [-0.25, -0.2) is 0 Å². The van der Waals surface area contributed by atoms with Crippen molar-refractivity contribution in [2.45, 2.75) is 26.7 Å². The minimum absolute atomic E-state index is 0.196. The number of hydrogen-bond acceptors (Lipinski definition) is 3. The number of rotatable bonds is 2. The number of hydrogen-bond donors (Lipinski definition) is 1. The van der Waals surface area contributed by atoms with E-state index in [2.05, 4.69) is 13.8 Å². The van der Waals surface area contributed by atoms with Crippen LogP contribution in [0.1, 0.15) is 33.0 Å². The smallest absolute Gasteiger partial charge is 0.263 e. The zero-order valence-corrected chi connectivity index (χ0v) is 11.3. The van der Waals surface area contributed by atoms with Gasteiger partial charge in [-0.2, -0.15) is 0 Å². The van der Waals surface area contributed by atoms with Crippen LogP contribution in [0.25, 0.3) is 0 Å². The first-order valence-electron chi connectivity index (χ1n) is 6.18. The Morgan fingerprint density at radius 1 is 1.47 bits per heavy atom. The number of carbonyl (C=O) groups is 1. The normalized spacial score (nSPS) is 17.5. The molecular weight excluding hydrogens is 232 g/mol. The molecule has 0 unspecified atom stereocenters. The van der Waals surface area contributed by atoms with E-state index in [0.29, 0.717) is 5.92 Å². The highest BCUT2D eigenvalue weighted by molar-refractivity contribution is 7.14. The number of nitrogens with two attached hydrogens (primary N) is 1. The lowest BCUT2D eigenvalue weighted by molar-refractivity contribution is 0.0698. The Kier molecular flexibility index (Phi) is 3.84. The topological polar surface area (TPSA) is 46.3 Å². The summed E-state index contributed by atoms with van der Waals surface area (Å²) in [4.78, 5) is 16.4. The van der Waals surface area contributed by atoms with Gasteiger partial charge in [0.1, 0.15) is 0 Å². The molecule has 0 bridgehead atoms. The zero-order valence-electron chi connectivity index (χ0n) is 10.5. The van der Waals surface area contributed by atoms with E-state index in [9.17, 15) is 4.79 Å². The van der Waals surface area contributed by atoms with Crippen LogP contribution >= 0.6 is 11.3 Å². The monoisotopic (exact) mass is 252 g/mol. The quantitative estimate of drug-likeness (QED) is 0.877. The fraction of sp³-hybridized carbons (Fsp3) is 0.615. The lowest BCUT2D eigenvalue weighted by Gasteiger charge is -2.31. The maximum absolute atomic E-state index is 12.3. The number of aryl methyl sites for hydroxylation is 2. The predicted molar refractivity (Wildman–Crippen MR) is 71.5 cm³/mol. The fourth-order valence-electron chi connectivity index (χ4n) is 2.21. The van der Waals surface area contributed by atoms with Gasteiger partial charge in [0.05, 0.1) is 4.88 Å². The Hall–Kier alpha value is -0.870. The van der Waals surface area contributed by atoms with Crippen LogP contribution in [0, 0.1) is 19.8 Å². The molecule has 0 saturated carbocycles. The summed E-state index contributed by atoms with van der Waals surface area (Å²) in [6, 6.07) is 2.01. The summed E-state index contributed by atoms with van der Waals surface area (Å²) in [5.41, 5.74) is 6.88. The molecular formula is C13H20N2OS. The third-order valence-corrected chi connectivity index (χ3v) is 4.75. The summed E-state index contributed by atoms with van der Waals surface area (Å²) in [6.07, 6.45) is 2.09. The lowest BCUT2D eigenvalue weighted by Crippen LogP contribution is -2.39. The molecule has 1 aliphatic heterocycles. The Morgan fingerprint density at radius 2 is 2.12 bits per heavy atom. The van der Waals surface area contributed by atoms with Crippen molar-refractivity contribution < 1.29 is 4.79 Å². The van der Waals surface area contributed by atoms with Crippen molar-refractivity contribution in [3.8, 4) is 0 Å². The molecule has 0 spiro atoms. The molecule has 3 nitrogen and oxygen atoms in total. The van der Waals surface area contributed by atoms with Crippen LogP contribution < -0.4 is 5.73 Å². The fourth-order valence-corrected chi connectivity index (χ4v) is 3.21. The molecule has 2 rings (SSSR count). The van der Waals surface area contributed by atoms with Gasteiger partial charge in [-0.3, -0.25) is 4.79 Å². The van der Waals surface area contributed by atoms with Crippen LogP contribution in [0.4, 0.5) is 0 Å². The number of piperidine rings is 1. The number of likely N-dealkylation sites (tertiary alicyclic amines) is 1. The summed E-state index contributed by atoms with van der Waals surface area (Å²) in [7, 11) is 0. The predicted octanol–water partition coefficient (Wildman–Crippen LogP) is 2.18. The van der Waals surface area contributed by atoms with Crippen LogP contribution in [0.5, 0.6) is 0 Å². The Balaban J connectivity index is 2.01. The van der Waals surface area contributed by atoms with Crippen molar-refractivity contribution in [1.82, 2.24) is 4.90 Å². The van der Waals surface area contributed by atoms with Crippen LogP contribution in [0.15, 0.2) is 6.07 Å². The molecule has 1 amide bonds. The first kappa shape index (κ1) is 12.6. The molecule has 0 aromatic carbocycles. The second-order valence-corrected chi connectivity index (χ2v) is 6.08. The van der Waals surface area contributed by atoms with Gasteiger partial charge in [-0.1, -0.05) is 0 Å². The van der Waals surface area contributed by atoms with Crippen LogP contribution in [-0.2, 0) is 0 Å². The third kappa shape index (κ3) is 2.69.